The van der Waals surface area contributed by atoms with Crippen molar-refractivity contribution in [1.82, 2.24) is 0 Å². The first-order valence-corrected chi connectivity index (χ1v) is 7.67. The molecule has 92 valence electrons. The van der Waals surface area contributed by atoms with E-state index in [-0.39, 0.29) is 11.6 Å². The summed E-state index contributed by atoms with van der Waals surface area (Å²) in [7, 11) is 0. The molecule has 0 aliphatic carbocycles. The van der Waals surface area contributed by atoms with Gasteiger partial charge in [0, 0.05) is 16.5 Å². The standard InChI is InChI=1S/C13H14BrFOS/c14-12-8-10(15)1-2-11(12)13(16)7-9-3-5-17-6-4-9/h1-2,8-9H,3-7H2. The van der Waals surface area contributed by atoms with Crippen LogP contribution in [0.15, 0.2) is 22.7 Å². The van der Waals surface area contributed by atoms with E-state index in [4.69, 9.17) is 0 Å². The van der Waals surface area contributed by atoms with E-state index >= 15 is 0 Å². The summed E-state index contributed by atoms with van der Waals surface area (Å²) in [6, 6.07) is 4.26. The molecule has 0 amide bonds. The summed E-state index contributed by atoms with van der Waals surface area (Å²) in [6.07, 6.45) is 2.83. The smallest absolute Gasteiger partial charge is 0.164 e. The van der Waals surface area contributed by atoms with Crippen LogP contribution < -0.4 is 0 Å². The van der Waals surface area contributed by atoms with Crippen LogP contribution in [0.1, 0.15) is 29.6 Å². The molecule has 1 saturated heterocycles. The van der Waals surface area contributed by atoms with Gasteiger partial charge in [-0.3, -0.25) is 4.79 Å². The molecule has 0 atom stereocenters. The van der Waals surface area contributed by atoms with E-state index in [0.29, 0.717) is 22.4 Å². The van der Waals surface area contributed by atoms with Gasteiger partial charge in [-0.1, -0.05) is 0 Å². The highest BCUT2D eigenvalue weighted by Crippen LogP contribution is 2.28. The topological polar surface area (TPSA) is 17.1 Å². The van der Waals surface area contributed by atoms with Crippen molar-refractivity contribution in [1.29, 1.82) is 0 Å². The maximum absolute atomic E-state index is 12.9. The number of halogens is 2. The van der Waals surface area contributed by atoms with Gasteiger partial charge in [-0.05, 0) is 64.4 Å². The van der Waals surface area contributed by atoms with Crippen LogP contribution in [0.4, 0.5) is 4.39 Å². The summed E-state index contributed by atoms with van der Waals surface area (Å²) in [5.74, 6) is 2.61. The fraction of sp³-hybridized carbons (Fsp3) is 0.462. The van der Waals surface area contributed by atoms with Gasteiger partial charge in [0.05, 0.1) is 0 Å². The third-order valence-electron chi connectivity index (χ3n) is 3.05. The Morgan fingerprint density at radius 2 is 2.12 bits per heavy atom. The quantitative estimate of drug-likeness (QED) is 0.773. The summed E-state index contributed by atoms with van der Waals surface area (Å²) >= 11 is 5.20. The van der Waals surface area contributed by atoms with E-state index in [0.717, 1.165) is 24.3 Å². The second-order valence-electron chi connectivity index (χ2n) is 4.31. The van der Waals surface area contributed by atoms with Crippen molar-refractivity contribution in [3.63, 3.8) is 0 Å². The molecular weight excluding hydrogens is 303 g/mol. The van der Waals surface area contributed by atoms with Crippen LogP contribution in [0, 0.1) is 11.7 Å². The van der Waals surface area contributed by atoms with Crippen molar-refractivity contribution in [2.45, 2.75) is 19.3 Å². The van der Waals surface area contributed by atoms with Crippen LogP contribution in [0.25, 0.3) is 0 Å². The average Bonchev–Trinajstić information content (AvgIpc) is 2.30. The number of thioether (sulfide) groups is 1. The Balaban J connectivity index is 2.03. The predicted octanol–water partition coefficient (Wildman–Crippen LogP) is 4.30. The molecule has 1 fully saturated rings. The van der Waals surface area contributed by atoms with Gasteiger partial charge in [0.2, 0.25) is 0 Å². The third kappa shape index (κ3) is 3.55. The summed E-state index contributed by atoms with van der Waals surface area (Å²) in [5, 5.41) is 0. The Labute approximate surface area is 113 Å². The van der Waals surface area contributed by atoms with Crippen molar-refractivity contribution >= 4 is 33.5 Å². The normalized spacial score (nSPS) is 17.1. The Hall–Kier alpha value is -0.350. The van der Waals surface area contributed by atoms with Crippen molar-refractivity contribution in [2.24, 2.45) is 5.92 Å². The van der Waals surface area contributed by atoms with Gasteiger partial charge in [-0.2, -0.15) is 11.8 Å². The van der Waals surface area contributed by atoms with E-state index in [1.165, 1.54) is 12.1 Å². The minimum absolute atomic E-state index is 0.119. The molecule has 0 aromatic heterocycles. The molecule has 1 aromatic carbocycles. The monoisotopic (exact) mass is 316 g/mol. The summed E-state index contributed by atoms with van der Waals surface area (Å²) < 4.78 is 13.5. The van der Waals surface area contributed by atoms with E-state index in [1.807, 2.05) is 11.8 Å². The maximum atomic E-state index is 12.9. The van der Waals surface area contributed by atoms with Crippen LogP contribution in [0.5, 0.6) is 0 Å². The van der Waals surface area contributed by atoms with Gasteiger partial charge in [-0.25, -0.2) is 4.39 Å². The molecule has 1 nitrogen and oxygen atoms in total. The molecule has 0 N–H and O–H groups in total. The zero-order valence-corrected chi connectivity index (χ0v) is 11.8. The molecular formula is C13H14BrFOS. The molecule has 0 radical (unpaired) electrons. The molecule has 0 spiro atoms. The number of ketones is 1. The fourth-order valence-corrected chi connectivity index (χ4v) is 3.81. The number of carbonyl (C=O) groups excluding carboxylic acids is 1. The first-order valence-electron chi connectivity index (χ1n) is 5.73. The highest BCUT2D eigenvalue weighted by atomic mass is 79.9. The first kappa shape index (κ1) is 13.1. The van der Waals surface area contributed by atoms with Crippen LogP contribution in [-0.4, -0.2) is 17.3 Å². The van der Waals surface area contributed by atoms with Crippen LogP contribution in [-0.2, 0) is 0 Å². The average molecular weight is 317 g/mol. The number of benzene rings is 1. The summed E-state index contributed by atoms with van der Waals surface area (Å²) in [5.41, 5.74) is 0.602. The minimum Gasteiger partial charge on any atom is -0.294 e. The first-order chi connectivity index (χ1) is 8.16. The van der Waals surface area contributed by atoms with E-state index < -0.39 is 0 Å². The highest BCUT2D eigenvalue weighted by molar-refractivity contribution is 9.10. The Morgan fingerprint density at radius 1 is 1.41 bits per heavy atom. The minimum atomic E-state index is -0.317. The second-order valence-corrected chi connectivity index (χ2v) is 6.39. The van der Waals surface area contributed by atoms with E-state index in [2.05, 4.69) is 15.9 Å². The highest BCUT2D eigenvalue weighted by Gasteiger charge is 2.19. The molecule has 0 unspecified atom stereocenters. The number of rotatable bonds is 3. The van der Waals surface area contributed by atoms with Crippen LogP contribution in [0.3, 0.4) is 0 Å². The molecule has 1 aliphatic rings. The number of Topliss-reactive ketones (excluding diaryl/α,β-unsaturated/α-hetero) is 1. The lowest BCUT2D eigenvalue weighted by Gasteiger charge is -2.20. The Morgan fingerprint density at radius 3 is 2.76 bits per heavy atom. The maximum Gasteiger partial charge on any atom is 0.164 e. The Kier molecular flexibility index (Phi) is 4.62. The lowest BCUT2D eigenvalue weighted by molar-refractivity contribution is 0.0958. The van der Waals surface area contributed by atoms with Gasteiger partial charge in [0.25, 0.3) is 0 Å². The van der Waals surface area contributed by atoms with Gasteiger partial charge in [0.1, 0.15) is 5.82 Å². The van der Waals surface area contributed by atoms with Gasteiger partial charge in [0.15, 0.2) is 5.78 Å². The summed E-state index contributed by atoms with van der Waals surface area (Å²) in [6.45, 7) is 0. The zero-order valence-electron chi connectivity index (χ0n) is 9.42. The largest absolute Gasteiger partial charge is 0.294 e. The van der Waals surface area contributed by atoms with Crippen LogP contribution >= 0.6 is 27.7 Å². The molecule has 0 bridgehead atoms. The van der Waals surface area contributed by atoms with Crippen molar-refractivity contribution in [3.8, 4) is 0 Å². The number of carbonyl (C=O) groups is 1. The zero-order chi connectivity index (χ0) is 12.3. The van der Waals surface area contributed by atoms with E-state index in [1.54, 1.807) is 6.07 Å². The predicted molar refractivity (Wildman–Crippen MR) is 73.1 cm³/mol. The molecule has 2 rings (SSSR count). The molecule has 1 heterocycles. The molecule has 4 heteroatoms. The van der Waals surface area contributed by atoms with Gasteiger partial charge >= 0.3 is 0 Å². The molecule has 0 saturated carbocycles. The van der Waals surface area contributed by atoms with Crippen molar-refractivity contribution in [3.05, 3.63) is 34.1 Å². The SMILES string of the molecule is O=C(CC1CCSCC1)c1ccc(F)cc1Br. The van der Waals surface area contributed by atoms with Crippen molar-refractivity contribution in [2.75, 3.05) is 11.5 Å². The van der Waals surface area contributed by atoms with Crippen LogP contribution in [0.2, 0.25) is 0 Å². The number of hydrogen-bond donors (Lipinski definition) is 0. The lowest BCUT2D eigenvalue weighted by atomic mass is 9.93. The van der Waals surface area contributed by atoms with Gasteiger partial charge < -0.3 is 0 Å². The number of hydrogen-bond acceptors (Lipinski definition) is 2. The van der Waals surface area contributed by atoms with Crippen molar-refractivity contribution < 1.29 is 9.18 Å². The third-order valence-corrected chi connectivity index (χ3v) is 4.75. The fourth-order valence-electron chi connectivity index (χ4n) is 2.04. The molecule has 17 heavy (non-hydrogen) atoms. The van der Waals surface area contributed by atoms with Gasteiger partial charge in [-0.15, -0.1) is 0 Å². The molecule has 1 aliphatic heterocycles. The van der Waals surface area contributed by atoms with E-state index in [9.17, 15) is 9.18 Å². The second kappa shape index (κ2) is 6.01. The molecule has 1 aromatic rings. The summed E-state index contributed by atoms with van der Waals surface area (Å²) in [4.78, 5) is 12.1. The Bertz CT molecular complexity index is 416. The lowest BCUT2D eigenvalue weighted by Crippen LogP contribution is -2.14.